The van der Waals surface area contributed by atoms with Gasteiger partial charge >= 0.3 is 0 Å². The number of nitrogens with zero attached hydrogens (tertiary/aromatic N) is 1. The van der Waals surface area contributed by atoms with Crippen molar-refractivity contribution in [3.8, 4) is 0 Å². The van der Waals surface area contributed by atoms with E-state index in [4.69, 9.17) is 5.73 Å². The van der Waals surface area contributed by atoms with Crippen LogP contribution in [0.1, 0.15) is 57.7 Å². The number of nitrogens with two attached hydrogens (primary N) is 1. The quantitative estimate of drug-likeness (QED) is 0.738. The van der Waals surface area contributed by atoms with Crippen LogP contribution in [-0.4, -0.2) is 24.5 Å². The molecule has 2 nitrogen and oxygen atoms in total. The molecule has 0 bridgehead atoms. The fourth-order valence-electron chi connectivity index (χ4n) is 2.68. The van der Waals surface area contributed by atoms with Crippen LogP contribution in [0.25, 0.3) is 0 Å². The number of hydrogen-bond donors (Lipinski definition) is 1. The van der Waals surface area contributed by atoms with Gasteiger partial charge in [-0.2, -0.15) is 0 Å². The fraction of sp³-hybridized carbons (Fsp3) is 0.667. The molecule has 0 heterocycles. The van der Waals surface area contributed by atoms with Crippen molar-refractivity contribution in [1.82, 2.24) is 4.90 Å². The summed E-state index contributed by atoms with van der Waals surface area (Å²) in [6, 6.07) is 9.01. The third-order valence-corrected chi connectivity index (χ3v) is 3.59. The van der Waals surface area contributed by atoms with Crippen molar-refractivity contribution >= 4 is 0 Å². The van der Waals surface area contributed by atoms with Crippen LogP contribution in [0.4, 0.5) is 0 Å². The fourth-order valence-corrected chi connectivity index (χ4v) is 2.68. The zero-order valence-electron chi connectivity index (χ0n) is 13.7. The monoisotopic (exact) mass is 276 g/mol. The van der Waals surface area contributed by atoms with Gasteiger partial charge in [-0.15, -0.1) is 0 Å². The lowest BCUT2D eigenvalue weighted by molar-refractivity contribution is 0.258. The van der Waals surface area contributed by atoms with Crippen molar-refractivity contribution in [2.24, 2.45) is 11.7 Å². The summed E-state index contributed by atoms with van der Waals surface area (Å²) in [6.45, 7) is 12.2. The van der Waals surface area contributed by atoms with Crippen molar-refractivity contribution in [3.05, 3.63) is 35.4 Å². The molecule has 2 heteroatoms. The summed E-state index contributed by atoms with van der Waals surface area (Å²) < 4.78 is 0. The summed E-state index contributed by atoms with van der Waals surface area (Å²) in [5, 5.41) is 0. The molecule has 20 heavy (non-hydrogen) atoms. The highest BCUT2D eigenvalue weighted by Crippen LogP contribution is 2.15. The van der Waals surface area contributed by atoms with Crippen LogP contribution in [-0.2, 0) is 6.42 Å². The molecule has 0 saturated carbocycles. The average molecular weight is 276 g/mol. The third-order valence-electron chi connectivity index (χ3n) is 3.59. The predicted molar refractivity (Wildman–Crippen MR) is 88.9 cm³/mol. The van der Waals surface area contributed by atoms with Crippen molar-refractivity contribution in [2.75, 3.05) is 19.6 Å². The minimum absolute atomic E-state index is 0.126. The normalized spacial score (nSPS) is 13.2. The van der Waals surface area contributed by atoms with Crippen molar-refractivity contribution < 1.29 is 0 Å². The number of benzene rings is 1. The third kappa shape index (κ3) is 6.06. The largest absolute Gasteiger partial charge is 0.323 e. The molecule has 1 aromatic carbocycles. The zero-order valence-corrected chi connectivity index (χ0v) is 13.7. The zero-order chi connectivity index (χ0) is 15.0. The van der Waals surface area contributed by atoms with Gasteiger partial charge in [0.05, 0.1) is 0 Å². The summed E-state index contributed by atoms with van der Waals surface area (Å²) in [4.78, 5) is 2.48. The Kier molecular flexibility index (Phi) is 7.86. The second-order valence-electron chi connectivity index (χ2n) is 6.25. The van der Waals surface area contributed by atoms with Crippen LogP contribution in [0.5, 0.6) is 0 Å². The maximum atomic E-state index is 6.37. The van der Waals surface area contributed by atoms with E-state index in [1.807, 2.05) is 0 Å². The SMILES string of the molecule is CCCN(CCC)CC(N)c1ccc(CC(C)C)cc1. The molecule has 2 N–H and O–H groups in total. The summed E-state index contributed by atoms with van der Waals surface area (Å²) >= 11 is 0. The molecule has 0 aromatic heterocycles. The number of hydrogen-bond acceptors (Lipinski definition) is 2. The number of rotatable bonds is 9. The summed E-state index contributed by atoms with van der Waals surface area (Å²) in [7, 11) is 0. The smallest absolute Gasteiger partial charge is 0.0424 e. The van der Waals surface area contributed by atoms with Gasteiger partial charge in [0.1, 0.15) is 0 Å². The van der Waals surface area contributed by atoms with Crippen LogP contribution in [0.15, 0.2) is 24.3 Å². The first-order valence-electron chi connectivity index (χ1n) is 8.13. The van der Waals surface area contributed by atoms with Crippen LogP contribution in [0.2, 0.25) is 0 Å². The van der Waals surface area contributed by atoms with Gasteiger partial charge in [0.2, 0.25) is 0 Å². The molecule has 0 radical (unpaired) electrons. The highest BCUT2D eigenvalue weighted by atomic mass is 15.1. The van der Waals surface area contributed by atoms with Gasteiger partial charge in [-0.05, 0) is 49.4 Å². The molecule has 0 aliphatic heterocycles. The van der Waals surface area contributed by atoms with E-state index >= 15 is 0 Å². The Morgan fingerprint density at radius 3 is 2.00 bits per heavy atom. The van der Waals surface area contributed by atoms with Gasteiger partial charge in [0.25, 0.3) is 0 Å². The van der Waals surface area contributed by atoms with E-state index in [0.717, 1.165) is 26.1 Å². The van der Waals surface area contributed by atoms with Crippen molar-refractivity contribution in [1.29, 1.82) is 0 Å². The molecule has 0 fully saturated rings. The molecule has 1 atom stereocenters. The highest BCUT2D eigenvalue weighted by Gasteiger charge is 2.11. The molecular formula is C18H32N2. The molecule has 0 saturated heterocycles. The van der Waals surface area contributed by atoms with Crippen molar-refractivity contribution in [3.63, 3.8) is 0 Å². The van der Waals surface area contributed by atoms with Crippen LogP contribution in [0, 0.1) is 5.92 Å². The summed E-state index contributed by atoms with van der Waals surface area (Å²) in [6.07, 6.45) is 3.54. The van der Waals surface area contributed by atoms with Gasteiger partial charge < -0.3 is 10.6 Å². The minimum Gasteiger partial charge on any atom is -0.323 e. The second kappa shape index (κ2) is 9.15. The molecule has 1 rings (SSSR count). The molecular weight excluding hydrogens is 244 g/mol. The Hall–Kier alpha value is -0.860. The minimum atomic E-state index is 0.126. The van der Waals surface area contributed by atoms with Gasteiger partial charge in [0.15, 0.2) is 0 Å². The van der Waals surface area contributed by atoms with E-state index in [2.05, 4.69) is 56.9 Å². The van der Waals surface area contributed by atoms with E-state index in [-0.39, 0.29) is 6.04 Å². The van der Waals surface area contributed by atoms with Crippen LogP contribution < -0.4 is 5.73 Å². The molecule has 1 unspecified atom stereocenters. The van der Waals surface area contributed by atoms with E-state index in [9.17, 15) is 0 Å². The van der Waals surface area contributed by atoms with Gasteiger partial charge in [-0.25, -0.2) is 0 Å². The van der Waals surface area contributed by atoms with E-state index in [0.29, 0.717) is 5.92 Å². The molecule has 0 amide bonds. The Labute approximate surface area is 125 Å². The first-order valence-corrected chi connectivity index (χ1v) is 8.13. The Balaban J connectivity index is 2.59. The predicted octanol–water partition coefficient (Wildman–Crippen LogP) is 4.01. The lowest BCUT2D eigenvalue weighted by atomic mass is 9.99. The standard InChI is InChI=1S/C18H32N2/c1-5-11-20(12-6-2)14-18(19)17-9-7-16(8-10-17)13-15(3)4/h7-10,15,18H,5-6,11-14,19H2,1-4H3. The lowest BCUT2D eigenvalue weighted by Gasteiger charge is -2.25. The molecule has 0 aliphatic carbocycles. The maximum absolute atomic E-state index is 6.37. The van der Waals surface area contributed by atoms with E-state index in [1.54, 1.807) is 0 Å². The van der Waals surface area contributed by atoms with E-state index in [1.165, 1.54) is 24.0 Å². The molecule has 114 valence electrons. The summed E-state index contributed by atoms with van der Waals surface area (Å²) in [5.41, 5.74) is 9.04. The van der Waals surface area contributed by atoms with Gasteiger partial charge in [-0.1, -0.05) is 52.0 Å². The first kappa shape index (κ1) is 17.2. The van der Waals surface area contributed by atoms with Crippen LogP contribution >= 0.6 is 0 Å². The Morgan fingerprint density at radius 1 is 1.00 bits per heavy atom. The van der Waals surface area contributed by atoms with Crippen LogP contribution in [0.3, 0.4) is 0 Å². The average Bonchev–Trinajstić information content (AvgIpc) is 2.39. The first-order chi connectivity index (χ1) is 9.56. The molecule has 0 aliphatic rings. The van der Waals surface area contributed by atoms with Gasteiger partial charge in [0, 0.05) is 12.6 Å². The van der Waals surface area contributed by atoms with E-state index < -0.39 is 0 Å². The topological polar surface area (TPSA) is 29.3 Å². The highest BCUT2D eigenvalue weighted by molar-refractivity contribution is 5.25. The second-order valence-corrected chi connectivity index (χ2v) is 6.25. The Morgan fingerprint density at radius 2 is 1.55 bits per heavy atom. The summed E-state index contributed by atoms with van der Waals surface area (Å²) in [5.74, 6) is 0.708. The van der Waals surface area contributed by atoms with Crippen molar-refractivity contribution in [2.45, 2.75) is 53.0 Å². The Bertz CT molecular complexity index is 350. The maximum Gasteiger partial charge on any atom is 0.0424 e. The lowest BCUT2D eigenvalue weighted by Crippen LogP contribution is -2.33. The molecule has 1 aromatic rings. The molecule has 0 spiro atoms. The van der Waals surface area contributed by atoms with Gasteiger partial charge in [-0.3, -0.25) is 0 Å².